The number of pyridine rings is 1. The van der Waals surface area contributed by atoms with E-state index in [9.17, 15) is 4.79 Å². The van der Waals surface area contributed by atoms with Crippen LogP contribution in [0.3, 0.4) is 0 Å². The molecule has 0 bridgehead atoms. The fraction of sp³-hybridized carbons (Fsp3) is 0.385. The molecule has 0 spiro atoms. The Morgan fingerprint density at radius 2 is 2.39 bits per heavy atom. The van der Waals surface area contributed by atoms with Gasteiger partial charge in [-0.2, -0.15) is 0 Å². The SMILES string of the molecule is COC(=O)c1cccc2nc(CNC3CC3)cn12. The minimum atomic E-state index is -0.347. The lowest BCUT2D eigenvalue weighted by atomic mass is 10.3. The van der Waals surface area contributed by atoms with Crippen molar-refractivity contribution in [3.63, 3.8) is 0 Å². The van der Waals surface area contributed by atoms with Crippen molar-refractivity contribution in [1.29, 1.82) is 0 Å². The van der Waals surface area contributed by atoms with Gasteiger partial charge in [-0.3, -0.25) is 4.40 Å². The Hall–Kier alpha value is -1.88. The molecule has 0 unspecified atom stereocenters. The highest BCUT2D eigenvalue weighted by atomic mass is 16.5. The van der Waals surface area contributed by atoms with Crippen molar-refractivity contribution in [3.8, 4) is 0 Å². The number of methoxy groups -OCH3 is 1. The molecule has 0 radical (unpaired) electrons. The number of nitrogens with zero attached hydrogens (tertiary/aromatic N) is 2. The minimum absolute atomic E-state index is 0.347. The van der Waals surface area contributed by atoms with Crippen LogP contribution >= 0.6 is 0 Å². The standard InChI is InChI=1S/C13H15N3O2/c1-18-13(17)11-3-2-4-12-15-10(8-16(11)12)7-14-9-5-6-9/h2-4,8-9,14H,5-7H2,1H3. The first kappa shape index (κ1) is 11.2. The molecule has 1 saturated carbocycles. The van der Waals surface area contributed by atoms with Gasteiger partial charge in [0.15, 0.2) is 0 Å². The summed E-state index contributed by atoms with van der Waals surface area (Å²) in [4.78, 5) is 16.1. The van der Waals surface area contributed by atoms with E-state index in [1.807, 2.05) is 18.3 Å². The Labute approximate surface area is 105 Å². The molecular formula is C13H15N3O2. The molecule has 3 rings (SSSR count). The molecule has 1 N–H and O–H groups in total. The Morgan fingerprint density at radius 3 is 3.11 bits per heavy atom. The van der Waals surface area contributed by atoms with E-state index in [2.05, 4.69) is 10.3 Å². The largest absolute Gasteiger partial charge is 0.464 e. The summed E-state index contributed by atoms with van der Waals surface area (Å²) in [5.74, 6) is -0.347. The van der Waals surface area contributed by atoms with Crippen LogP contribution in [-0.2, 0) is 11.3 Å². The van der Waals surface area contributed by atoms with Crippen LogP contribution in [0.2, 0.25) is 0 Å². The predicted molar refractivity (Wildman–Crippen MR) is 66.4 cm³/mol. The van der Waals surface area contributed by atoms with Gasteiger partial charge in [-0.15, -0.1) is 0 Å². The van der Waals surface area contributed by atoms with E-state index in [0.29, 0.717) is 11.7 Å². The first-order chi connectivity index (χ1) is 8.78. The number of nitrogens with one attached hydrogen (secondary N) is 1. The average molecular weight is 245 g/mol. The third-order valence-electron chi connectivity index (χ3n) is 3.09. The molecule has 1 aliphatic carbocycles. The van der Waals surface area contributed by atoms with E-state index in [-0.39, 0.29) is 5.97 Å². The number of carbonyl (C=O) groups is 1. The van der Waals surface area contributed by atoms with E-state index >= 15 is 0 Å². The molecular weight excluding hydrogens is 230 g/mol. The van der Waals surface area contributed by atoms with Gasteiger partial charge in [0, 0.05) is 18.8 Å². The van der Waals surface area contributed by atoms with Gasteiger partial charge < -0.3 is 10.1 Å². The number of fused-ring (bicyclic) bond motifs is 1. The molecule has 0 aliphatic heterocycles. The lowest BCUT2D eigenvalue weighted by Crippen LogP contribution is -2.15. The van der Waals surface area contributed by atoms with E-state index < -0.39 is 0 Å². The van der Waals surface area contributed by atoms with Crippen molar-refractivity contribution in [3.05, 3.63) is 35.8 Å². The number of rotatable bonds is 4. The number of esters is 1. The Bertz CT molecular complexity index is 587. The molecule has 5 nitrogen and oxygen atoms in total. The highest BCUT2D eigenvalue weighted by molar-refractivity contribution is 5.88. The van der Waals surface area contributed by atoms with Crippen LogP contribution < -0.4 is 5.32 Å². The fourth-order valence-corrected chi connectivity index (χ4v) is 1.95. The molecule has 2 heterocycles. The Balaban J connectivity index is 1.91. The molecule has 0 atom stereocenters. The second-order valence-corrected chi connectivity index (χ2v) is 4.52. The van der Waals surface area contributed by atoms with Gasteiger partial charge in [-0.25, -0.2) is 9.78 Å². The highest BCUT2D eigenvalue weighted by Crippen LogP contribution is 2.19. The predicted octanol–water partition coefficient (Wildman–Crippen LogP) is 1.37. The number of aromatic nitrogens is 2. The molecule has 18 heavy (non-hydrogen) atoms. The van der Waals surface area contributed by atoms with E-state index in [4.69, 9.17) is 4.74 Å². The number of hydrogen-bond acceptors (Lipinski definition) is 4. The monoisotopic (exact) mass is 245 g/mol. The van der Waals surface area contributed by atoms with E-state index in [1.165, 1.54) is 20.0 Å². The van der Waals surface area contributed by atoms with E-state index in [0.717, 1.165) is 17.9 Å². The number of imidazole rings is 1. The number of hydrogen-bond donors (Lipinski definition) is 1. The molecule has 1 fully saturated rings. The fourth-order valence-electron chi connectivity index (χ4n) is 1.95. The minimum Gasteiger partial charge on any atom is -0.464 e. The smallest absolute Gasteiger partial charge is 0.355 e. The molecule has 2 aromatic heterocycles. The van der Waals surface area contributed by atoms with Crippen molar-refractivity contribution in [2.24, 2.45) is 0 Å². The summed E-state index contributed by atoms with van der Waals surface area (Å²) >= 11 is 0. The first-order valence-corrected chi connectivity index (χ1v) is 6.06. The van der Waals surface area contributed by atoms with Crippen molar-refractivity contribution >= 4 is 11.6 Å². The van der Waals surface area contributed by atoms with Crippen molar-refractivity contribution in [1.82, 2.24) is 14.7 Å². The second-order valence-electron chi connectivity index (χ2n) is 4.52. The van der Waals surface area contributed by atoms with Crippen molar-refractivity contribution < 1.29 is 9.53 Å². The molecule has 1 aliphatic rings. The van der Waals surface area contributed by atoms with Gasteiger partial charge in [0.25, 0.3) is 0 Å². The molecule has 2 aromatic rings. The lowest BCUT2D eigenvalue weighted by molar-refractivity contribution is 0.0592. The zero-order valence-corrected chi connectivity index (χ0v) is 10.2. The Morgan fingerprint density at radius 1 is 1.56 bits per heavy atom. The summed E-state index contributed by atoms with van der Waals surface area (Å²) in [5, 5.41) is 3.40. The van der Waals surface area contributed by atoms with Crippen molar-refractivity contribution in [2.75, 3.05) is 7.11 Å². The lowest BCUT2D eigenvalue weighted by Gasteiger charge is -2.01. The molecule has 0 saturated heterocycles. The van der Waals surface area contributed by atoms with Gasteiger partial charge in [-0.05, 0) is 25.0 Å². The molecule has 0 amide bonds. The van der Waals surface area contributed by atoms with Crippen molar-refractivity contribution in [2.45, 2.75) is 25.4 Å². The van der Waals surface area contributed by atoms with E-state index in [1.54, 1.807) is 10.5 Å². The van der Waals surface area contributed by atoms with Crippen LogP contribution in [0.5, 0.6) is 0 Å². The van der Waals surface area contributed by atoms with Crippen LogP contribution in [0, 0.1) is 0 Å². The summed E-state index contributed by atoms with van der Waals surface area (Å²) < 4.78 is 6.53. The maximum absolute atomic E-state index is 11.6. The zero-order valence-electron chi connectivity index (χ0n) is 10.2. The molecule has 0 aromatic carbocycles. The van der Waals surface area contributed by atoms with Crippen LogP contribution in [0.1, 0.15) is 29.0 Å². The number of carbonyl (C=O) groups excluding carboxylic acids is 1. The molecule has 5 heteroatoms. The summed E-state index contributed by atoms with van der Waals surface area (Å²) in [6.45, 7) is 0.743. The van der Waals surface area contributed by atoms with Gasteiger partial charge in [0.1, 0.15) is 11.3 Å². The third-order valence-corrected chi connectivity index (χ3v) is 3.09. The van der Waals surface area contributed by atoms with Crippen LogP contribution in [0.25, 0.3) is 5.65 Å². The zero-order chi connectivity index (χ0) is 12.5. The van der Waals surface area contributed by atoms with Gasteiger partial charge >= 0.3 is 5.97 Å². The summed E-state index contributed by atoms with van der Waals surface area (Å²) in [6.07, 6.45) is 4.39. The molecule has 94 valence electrons. The quantitative estimate of drug-likeness (QED) is 0.827. The second kappa shape index (κ2) is 4.42. The highest BCUT2D eigenvalue weighted by Gasteiger charge is 2.20. The summed E-state index contributed by atoms with van der Waals surface area (Å²) in [6, 6.07) is 6.08. The summed E-state index contributed by atoms with van der Waals surface area (Å²) in [7, 11) is 1.38. The number of ether oxygens (including phenoxy) is 1. The third kappa shape index (κ3) is 2.09. The topological polar surface area (TPSA) is 55.6 Å². The van der Waals surface area contributed by atoms with Gasteiger partial charge in [0.05, 0.1) is 12.8 Å². The first-order valence-electron chi connectivity index (χ1n) is 6.06. The normalized spacial score (nSPS) is 14.9. The van der Waals surface area contributed by atoms with Gasteiger partial charge in [0.2, 0.25) is 0 Å². The maximum atomic E-state index is 11.6. The van der Waals surface area contributed by atoms with Crippen LogP contribution in [-0.4, -0.2) is 28.5 Å². The Kier molecular flexibility index (Phi) is 2.76. The van der Waals surface area contributed by atoms with Crippen LogP contribution in [0.4, 0.5) is 0 Å². The van der Waals surface area contributed by atoms with Gasteiger partial charge in [-0.1, -0.05) is 6.07 Å². The maximum Gasteiger partial charge on any atom is 0.355 e. The van der Waals surface area contributed by atoms with Crippen LogP contribution in [0.15, 0.2) is 24.4 Å². The average Bonchev–Trinajstić information content (AvgIpc) is 3.13. The summed E-state index contributed by atoms with van der Waals surface area (Å²) in [5.41, 5.74) is 2.21.